The Bertz CT molecular complexity index is 417. The van der Waals surface area contributed by atoms with Crippen molar-refractivity contribution < 1.29 is 9.26 Å². The van der Waals surface area contributed by atoms with Crippen LogP contribution in [-0.4, -0.2) is 54.4 Å². The van der Waals surface area contributed by atoms with E-state index < -0.39 is 0 Å². The summed E-state index contributed by atoms with van der Waals surface area (Å²) in [7, 11) is 2.09. The van der Waals surface area contributed by atoms with Crippen molar-refractivity contribution in [3.8, 4) is 0 Å². The van der Waals surface area contributed by atoms with Gasteiger partial charge in [0.1, 0.15) is 6.10 Å². The quantitative estimate of drug-likeness (QED) is 0.892. The minimum absolute atomic E-state index is 0.0425. The predicted octanol–water partition coefficient (Wildman–Crippen LogP) is 1.15. The number of nitrogens with one attached hydrogen (secondary N) is 1. The molecule has 0 spiro atoms. The van der Waals surface area contributed by atoms with E-state index >= 15 is 0 Å². The van der Waals surface area contributed by atoms with Crippen molar-refractivity contribution in [2.24, 2.45) is 0 Å². The van der Waals surface area contributed by atoms with Crippen molar-refractivity contribution in [3.05, 3.63) is 11.7 Å². The zero-order chi connectivity index (χ0) is 13.8. The molecule has 1 aromatic heterocycles. The summed E-state index contributed by atoms with van der Waals surface area (Å²) in [4.78, 5) is 6.73. The van der Waals surface area contributed by atoms with Gasteiger partial charge in [0.25, 0.3) is 0 Å². The summed E-state index contributed by atoms with van der Waals surface area (Å²) in [5.41, 5.74) is 0. The molecule has 3 heterocycles. The molecule has 112 valence electrons. The fraction of sp³-hybridized carbons (Fsp3) is 0.857. The van der Waals surface area contributed by atoms with Gasteiger partial charge in [0.2, 0.25) is 11.7 Å². The maximum Gasteiger partial charge on any atom is 0.226 e. The van der Waals surface area contributed by atoms with Crippen LogP contribution in [0.15, 0.2) is 4.52 Å². The van der Waals surface area contributed by atoms with Gasteiger partial charge in [-0.05, 0) is 32.9 Å². The van der Waals surface area contributed by atoms with Crippen LogP contribution in [0.3, 0.4) is 0 Å². The molecule has 0 amide bonds. The van der Waals surface area contributed by atoms with Crippen molar-refractivity contribution in [1.82, 2.24) is 20.4 Å². The van der Waals surface area contributed by atoms with E-state index in [2.05, 4.69) is 27.4 Å². The van der Waals surface area contributed by atoms with E-state index in [0.717, 1.165) is 45.0 Å². The first-order chi connectivity index (χ1) is 9.81. The summed E-state index contributed by atoms with van der Waals surface area (Å²) < 4.78 is 11.1. The summed E-state index contributed by atoms with van der Waals surface area (Å²) in [5, 5.41) is 7.62. The highest BCUT2D eigenvalue weighted by Gasteiger charge is 2.24. The number of nitrogens with zero attached hydrogens (tertiary/aromatic N) is 3. The Hall–Kier alpha value is -0.980. The lowest BCUT2D eigenvalue weighted by Gasteiger charge is -2.27. The second-order valence-corrected chi connectivity index (χ2v) is 5.85. The van der Waals surface area contributed by atoms with Crippen LogP contribution in [0.1, 0.15) is 43.5 Å². The highest BCUT2D eigenvalue weighted by Crippen LogP contribution is 2.19. The van der Waals surface area contributed by atoms with E-state index in [1.165, 1.54) is 19.3 Å². The zero-order valence-electron chi connectivity index (χ0n) is 12.2. The number of hydrogen-bond acceptors (Lipinski definition) is 6. The lowest BCUT2D eigenvalue weighted by atomic mass is 10.0. The fourth-order valence-corrected chi connectivity index (χ4v) is 2.90. The van der Waals surface area contributed by atoms with Gasteiger partial charge in [-0.1, -0.05) is 11.6 Å². The number of rotatable bonds is 4. The maximum absolute atomic E-state index is 5.70. The van der Waals surface area contributed by atoms with E-state index in [0.29, 0.717) is 11.9 Å². The van der Waals surface area contributed by atoms with Gasteiger partial charge in [-0.25, -0.2) is 0 Å². The van der Waals surface area contributed by atoms with Crippen molar-refractivity contribution in [2.45, 2.75) is 44.2 Å². The maximum atomic E-state index is 5.70. The minimum Gasteiger partial charge on any atom is -0.367 e. The van der Waals surface area contributed by atoms with Gasteiger partial charge >= 0.3 is 0 Å². The highest BCUT2D eigenvalue weighted by atomic mass is 16.5. The normalized spacial score (nSPS) is 28.6. The van der Waals surface area contributed by atoms with Crippen molar-refractivity contribution in [1.29, 1.82) is 0 Å². The van der Waals surface area contributed by atoms with E-state index in [9.17, 15) is 0 Å². The molecule has 1 aromatic rings. The lowest BCUT2D eigenvalue weighted by Crippen LogP contribution is -2.35. The number of hydrogen-bond donors (Lipinski definition) is 1. The summed E-state index contributed by atoms with van der Waals surface area (Å²) in [6.45, 7) is 3.68. The molecule has 0 radical (unpaired) electrons. The second-order valence-electron chi connectivity index (χ2n) is 5.85. The molecule has 20 heavy (non-hydrogen) atoms. The zero-order valence-corrected chi connectivity index (χ0v) is 12.2. The number of likely N-dealkylation sites (N-methyl/N-ethyl adjacent to an activating group) is 1. The molecule has 6 heteroatoms. The molecule has 2 fully saturated rings. The molecule has 2 aliphatic heterocycles. The smallest absolute Gasteiger partial charge is 0.226 e. The Morgan fingerprint density at radius 3 is 3.15 bits per heavy atom. The first kappa shape index (κ1) is 14.0. The van der Waals surface area contributed by atoms with Gasteiger partial charge in [0.15, 0.2) is 0 Å². The lowest BCUT2D eigenvalue weighted by molar-refractivity contribution is -0.0264. The highest BCUT2D eigenvalue weighted by molar-refractivity contribution is 4.94. The molecule has 3 rings (SSSR count). The number of ether oxygens (including phenoxy) is 1. The van der Waals surface area contributed by atoms with E-state index in [-0.39, 0.29) is 6.10 Å². The molecule has 0 saturated carbocycles. The molecule has 2 saturated heterocycles. The standard InChI is InChI=1S/C14H24N4O2/c1-18-8-9-19-12(10-18)14-16-13(20-17-14)6-5-11-4-2-3-7-15-11/h11-12,15H,2-10H2,1H3. The average molecular weight is 280 g/mol. The number of morpholine rings is 1. The SMILES string of the molecule is CN1CCOC(c2noc(CCC3CCCCN3)n2)C1. The fourth-order valence-electron chi connectivity index (χ4n) is 2.90. The molecule has 0 bridgehead atoms. The monoisotopic (exact) mass is 280 g/mol. The van der Waals surface area contributed by atoms with Crippen LogP contribution >= 0.6 is 0 Å². The van der Waals surface area contributed by atoms with Crippen LogP contribution < -0.4 is 5.32 Å². The number of aromatic nitrogens is 2. The Morgan fingerprint density at radius 2 is 2.35 bits per heavy atom. The van der Waals surface area contributed by atoms with Crippen LogP contribution in [0.25, 0.3) is 0 Å². The summed E-state index contributed by atoms with van der Waals surface area (Å²) in [6.07, 6.45) is 5.78. The Balaban J connectivity index is 1.51. The number of aryl methyl sites for hydroxylation is 1. The summed E-state index contributed by atoms with van der Waals surface area (Å²) in [5.74, 6) is 1.44. The molecule has 0 aliphatic carbocycles. The van der Waals surface area contributed by atoms with Crippen molar-refractivity contribution in [2.75, 3.05) is 33.3 Å². The third kappa shape index (κ3) is 3.56. The average Bonchev–Trinajstić information content (AvgIpc) is 2.95. The molecule has 2 unspecified atom stereocenters. The molecule has 6 nitrogen and oxygen atoms in total. The van der Waals surface area contributed by atoms with Crippen LogP contribution in [0.5, 0.6) is 0 Å². The minimum atomic E-state index is -0.0425. The summed E-state index contributed by atoms with van der Waals surface area (Å²) in [6, 6.07) is 0.608. The summed E-state index contributed by atoms with van der Waals surface area (Å²) >= 11 is 0. The molecular weight excluding hydrogens is 256 g/mol. The second kappa shape index (κ2) is 6.65. The largest absolute Gasteiger partial charge is 0.367 e. The van der Waals surface area contributed by atoms with Crippen LogP contribution in [0, 0.1) is 0 Å². The third-order valence-corrected chi connectivity index (χ3v) is 4.16. The van der Waals surface area contributed by atoms with E-state index in [1.807, 2.05) is 0 Å². The topological polar surface area (TPSA) is 63.4 Å². The van der Waals surface area contributed by atoms with E-state index in [4.69, 9.17) is 9.26 Å². The van der Waals surface area contributed by atoms with Gasteiger partial charge in [0, 0.05) is 25.6 Å². The van der Waals surface area contributed by atoms with Crippen LogP contribution in [0.2, 0.25) is 0 Å². The first-order valence-corrected chi connectivity index (χ1v) is 7.67. The third-order valence-electron chi connectivity index (χ3n) is 4.16. The van der Waals surface area contributed by atoms with Gasteiger partial charge in [-0.3, -0.25) is 0 Å². The molecule has 0 aromatic carbocycles. The van der Waals surface area contributed by atoms with Gasteiger partial charge in [0.05, 0.1) is 6.61 Å². The van der Waals surface area contributed by atoms with Gasteiger partial charge in [-0.15, -0.1) is 0 Å². The molecular formula is C14H24N4O2. The molecule has 1 N–H and O–H groups in total. The van der Waals surface area contributed by atoms with Crippen LogP contribution in [-0.2, 0) is 11.2 Å². The van der Waals surface area contributed by atoms with Gasteiger partial charge < -0.3 is 19.5 Å². The van der Waals surface area contributed by atoms with Crippen molar-refractivity contribution in [3.63, 3.8) is 0 Å². The Morgan fingerprint density at radius 1 is 1.40 bits per heavy atom. The molecule has 2 aliphatic rings. The predicted molar refractivity (Wildman–Crippen MR) is 74.5 cm³/mol. The van der Waals surface area contributed by atoms with Gasteiger partial charge in [-0.2, -0.15) is 4.98 Å². The Kier molecular flexibility index (Phi) is 4.65. The number of piperidine rings is 1. The first-order valence-electron chi connectivity index (χ1n) is 7.67. The van der Waals surface area contributed by atoms with Crippen molar-refractivity contribution >= 4 is 0 Å². The Labute approximate surface area is 119 Å². The molecule has 2 atom stereocenters. The van der Waals surface area contributed by atoms with E-state index in [1.54, 1.807) is 0 Å². The van der Waals surface area contributed by atoms with Crippen LogP contribution in [0.4, 0.5) is 0 Å².